The van der Waals surface area contributed by atoms with Crippen LogP contribution in [0.15, 0.2) is 24.3 Å². The van der Waals surface area contributed by atoms with Crippen molar-refractivity contribution in [2.45, 2.75) is 53.6 Å². The van der Waals surface area contributed by atoms with Crippen molar-refractivity contribution in [1.29, 1.82) is 0 Å². The van der Waals surface area contributed by atoms with Gasteiger partial charge in [0.1, 0.15) is 0 Å². The van der Waals surface area contributed by atoms with Crippen molar-refractivity contribution in [2.75, 3.05) is 6.61 Å². The van der Waals surface area contributed by atoms with E-state index in [9.17, 15) is 0 Å². The lowest BCUT2D eigenvalue weighted by Crippen LogP contribution is -1.99. The van der Waals surface area contributed by atoms with Gasteiger partial charge in [-0.05, 0) is 42.2 Å². The van der Waals surface area contributed by atoms with Crippen LogP contribution in [-0.2, 0) is 17.8 Å². The number of benzene rings is 1. The van der Waals surface area contributed by atoms with Crippen LogP contribution in [-0.4, -0.2) is 6.61 Å². The van der Waals surface area contributed by atoms with Gasteiger partial charge in [0.05, 0.1) is 6.61 Å². The molecule has 1 heteroatoms. The predicted octanol–water partition coefficient (Wildman–Crippen LogP) is 4.84. The molecule has 0 aliphatic rings. The van der Waals surface area contributed by atoms with Crippen LogP contribution >= 0.6 is 0 Å². The summed E-state index contributed by atoms with van der Waals surface area (Å²) >= 11 is 0. The molecule has 0 spiro atoms. The van der Waals surface area contributed by atoms with Gasteiger partial charge in [-0.2, -0.15) is 0 Å². The smallest absolute Gasteiger partial charge is 0.0716 e. The van der Waals surface area contributed by atoms with E-state index in [1.54, 1.807) is 0 Å². The molecule has 0 saturated heterocycles. The second-order valence-corrected chi connectivity index (χ2v) is 6.01. The molecule has 0 aliphatic heterocycles. The molecule has 0 amide bonds. The van der Waals surface area contributed by atoms with E-state index in [1.807, 2.05) is 0 Å². The zero-order valence-corrected chi connectivity index (χ0v) is 12.4. The number of rotatable bonds is 8. The van der Waals surface area contributed by atoms with Crippen molar-refractivity contribution in [3.8, 4) is 0 Å². The predicted molar refractivity (Wildman–Crippen MR) is 78.7 cm³/mol. The normalized spacial score (nSPS) is 11.4. The van der Waals surface area contributed by atoms with E-state index in [1.165, 1.54) is 24.0 Å². The number of ether oxygens (including phenoxy) is 1. The summed E-state index contributed by atoms with van der Waals surface area (Å²) in [6, 6.07) is 8.79. The molecule has 1 rings (SSSR count). The molecule has 0 saturated carbocycles. The van der Waals surface area contributed by atoms with Crippen molar-refractivity contribution >= 4 is 0 Å². The molecule has 0 aliphatic carbocycles. The Morgan fingerprint density at radius 2 is 1.72 bits per heavy atom. The fraction of sp³-hybridized carbons (Fsp3) is 0.647. The van der Waals surface area contributed by atoms with Crippen LogP contribution in [0.1, 0.15) is 51.7 Å². The molecule has 0 bridgehead atoms. The van der Waals surface area contributed by atoms with Gasteiger partial charge < -0.3 is 4.74 Å². The summed E-state index contributed by atoms with van der Waals surface area (Å²) in [5.74, 6) is 1.50. The molecule has 0 aromatic heterocycles. The van der Waals surface area contributed by atoms with Crippen molar-refractivity contribution in [3.63, 3.8) is 0 Å². The summed E-state index contributed by atoms with van der Waals surface area (Å²) in [4.78, 5) is 0. The molecule has 18 heavy (non-hydrogen) atoms. The fourth-order valence-corrected chi connectivity index (χ4v) is 2.10. The molecule has 0 radical (unpaired) electrons. The van der Waals surface area contributed by atoms with Crippen LogP contribution in [0, 0.1) is 11.8 Å². The first-order chi connectivity index (χ1) is 8.58. The summed E-state index contributed by atoms with van der Waals surface area (Å²) in [5.41, 5.74) is 2.73. The summed E-state index contributed by atoms with van der Waals surface area (Å²) in [7, 11) is 0. The van der Waals surface area contributed by atoms with Crippen molar-refractivity contribution < 1.29 is 4.74 Å². The summed E-state index contributed by atoms with van der Waals surface area (Å²) in [6.07, 6.45) is 3.58. The molecule has 0 heterocycles. The van der Waals surface area contributed by atoms with Crippen molar-refractivity contribution in [3.05, 3.63) is 35.4 Å². The van der Waals surface area contributed by atoms with Gasteiger partial charge >= 0.3 is 0 Å². The monoisotopic (exact) mass is 248 g/mol. The lowest BCUT2D eigenvalue weighted by atomic mass is 10.0. The van der Waals surface area contributed by atoms with Crippen LogP contribution in [0.4, 0.5) is 0 Å². The molecular formula is C17H28O. The van der Waals surface area contributed by atoms with E-state index >= 15 is 0 Å². The molecule has 0 unspecified atom stereocenters. The van der Waals surface area contributed by atoms with Gasteiger partial charge in [0.15, 0.2) is 0 Å². The Bertz CT molecular complexity index is 328. The highest BCUT2D eigenvalue weighted by Gasteiger charge is 2.00. The third-order valence-corrected chi connectivity index (χ3v) is 2.97. The Labute approximate surface area is 113 Å². The van der Waals surface area contributed by atoms with E-state index in [4.69, 9.17) is 4.74 Å². The highest BCUT2D eigenvalue weighted by atomic mass is 16.5. The molecule has 102 valence electrons. The lowest BCUT2D eigenvalue weighted by Gasteiger charge is -2.09. The van der Waals surface area contributed by atoms with Crippen LogP contribution < -0.4 is 0 Å². The zero-order valence-electron chi connectivity index (χ0n) is 12.4. The molecule has 0 atom stereocenters. The van der Waals surface area contributed by atoms with Crippen molar-refractivity contribution in [2.24, 2.45) is 11.8 Å². The quantitative estimate of drug-likeness (QED) is 0.598. The second kappa shape index (κ2) is 8.31. The van der Waals surface area contributed by atoms with Crippen LogP contribution in [0.5, 0.6) is 0 Å². The summed E-state index contributed by atoms with van der Waals surface area (Å²) in [5, 5.41) is 0. The van der Waals surface area contributed by atoms with E-state index in [-0.39, 0.29) is 0 Å². The SMILES string of the molecule is CC(C)CCCOCc1cccc(CC(C)C)c1. The third-order valence-electron chi connectivity index (χ3n) is 2.97. The average Bonchev–Trinajstić information content (AvgIpc) is 2.27. The van der Waals surface area contributed by atoms with Crippen molar-refractivity contribution in [1.82, 2.24) is 0 Å². The Kier molecular flexibility index (Phi) is 7.04. The van der Waals surface area contributed by atoms with Crippen LogP contribution in [0.2, 0.25) is 0 Å². The van der Waals surface area contributed by atoms with Gasteiger partial charge in [-0.15, -0.1) is 0 Å². The largest absolute Gasteiger partial charge is 0.377 e. The maximum Gasteiger partial charge on any atom is 0.0716 e. The Morgan fingerprint density at radius 3 is 2.39 bits per heavy atom. The Balaban J connectivity index is 2.29. The highest BCUT2D eigenvalue weighted by molar-refractivity contribution is 5.23. The maximum absolute atomic E-state index is 5.73. The molecule has 1 aromatic rings. The maximum atomic E-state index is 5.73. The topological polar surface area (TPSA) is 9.23 Å². The Hall–Kier alpha value is -0.820. The fourth-order valence-electron chi connectivity index (χ4n) is 2.10. The highest BCUT2D eigenvalue weighted by Crippen LogP contribution is 2.12. The molecule has 0 N–H and O–H groups in total. The minimum atomic E-state index is 0.715. The average molecular weight is 248 g/mol. The van der Waals surface area contributed by atoms with Gasteiger partial charge in [0.2, 0.25) is 0 Å². The van der Waals surface area contributed by atoms with Gasteiger partial charge in [-0.3, -0.25) is 0 Å². The third kappa shape index (κ3) is 6.80. The molecule has 1 aromatic carbocycles. The standard InChI is InChI=1S/C17H28O/c1-14(2)7-6-10-18-13-17-9-5-8-16(12-17)11-15(3)4/h5,8-9,12,14-15H,6-7,10-11,13H2,1-4H3. The van der Waals surface area contributed by atoms with Gasteiger partial charge in [0.25, 0.3) is 0 Å². The second-order valence-electron chi connectivity index (χ2n) is 6.01. The van der Waals surface area contributed by atoms with E-state index in [2.05, 4.69) is 52.0 Å². The number of hydrogen-bond acceptors (Lipinski definition) is 1. The van der Waals surface area contributed by atoms with E-state index in [0.717, 1.165) is 25.6 Å². The van der Waals surface area contributed by atoms with Gasteiger partial charge in [-0.1, -0.05) is 52.0 Å². The summed E-state index contributed by atoms with van der Waals surface area (Å²) < 4.78 is 5.73. The van der Waals surface area contributed by atoms with Crippen LogP contribution in [0.3, 0.4) is 0 Å². The first-order valence-corrected chi connectivity index (χ1v) is 7.23. The molecule has 1 nitrogen and oxygen atoms in total. The first kappa shape index (κ1) is 15.2. The van der Waals surface area contributed by atoms with Crippen LogP contribution in [0.25, 0.3) is 0 Å². The van der Waals surface area contributed by atoms with Gasteiger partial charge in [-0.25, -0.2) is 0 Å². The lowest BCUT2D eigenvalue weighted by molar-refractivity contribution is 0.115. The first-order valence-electron chi connectivity index (χ1n) is 7.23. The van der Waals surface area contributed by atoms with E-state index in [0.29, 0.717) is 5.92 Å². The minimum Gasteiger partial charge on any atom is -0.377 e. The summed E-state index contributed by atoms with van der Waals surface area (Å²) in [6.45, 7) is 10.7. The molecular weight excluding hydrogens is 220 g/mol. The molecule has 0 fully saturated rings. The number of hydrogen-bond donors (Lipinski definition) is 0. The minimum absolute atomic E-state index is 0.715. The van der Waals surface area contributed by atoms with Gasteiger partial charge in [0, 0.05) is 6.61 Å². The zero-order chi connectivity index (χ0) is 13.4. The Morgan fingerprint density at radius 1 is 1.00 bits per heavy atom. The van der Waals surface area contributed by atoms with E-state index < -0.39 is 0 Å².